The molecule has 2 heterocycles. The van der Waals surface area contributed by atoms with E-state index in [0.29, 0.717) is 26.1 Å². The van der Waals surface area contributed by atoms with Crippen LogP contribution in [-0.4, -0.2) is 53.5 Å². The third kappa shape index (κ3) is 3.74. The summed E-state index contributed by atoms with van der Waals surface area (Å²) in [5, 5.41) is 7.32. The number of rotatable bonds is 5. The number of carbonyl (C=O) groups is 2. The SMILES string of the molecule is CCNC(=O)N1CCc2c(c(C(=O)OCC)nn2-c2ccc(OC)cc2)C1. The first-order valence-electron chi connectivity index (χ1n) is 9.04. The van der Waals surface area contributed by atoms with Crippen LogP contribution < -0.4 is 10.1 Å². The Morgan fingerprint density at radius 3 is 2.59 bits per heavy atom. The van der Waals surface area contributed by atoms with Gasteiger partial charge in [0.2, 0.25) is 0 Å². The molecule has 0 spiro atoms. The van der Waals surface area contributed by atoms with Crippen LogP contribution in [-0.2, 0) is 17.7 Å². The average molecular weight is 372 g/mol. The molecule has 8 heteroatoms. The Bertz CT molecular complexity index is 829. The summed E-state index contributed by atoms with van der Waals surface area (Å²) in [4.78, 5) is 26.3. The van der Waals surface area contributed by atoms with E-state index in [9.17, 15) is 9.59 Å². The van der Waals surface area contributed by atoms with Crippen LogP contribution in [0.15, 0.2) is 24.3 Å². The molecule has 1 aliphatic rings. The average Bonchev–Trinajstić information content (AvgIpc) is 3.07. The van der Waals surface area contributed by atoms with Crippen LogP contribution in [0.3, 0.4) is 0 Å². The number of hydrogen-bond donors (Lipinski definition) is 1. The van der Waals surface area contributed by atoms with Gasteiger partial charge in [0.1, 0.15) is 5.75 Å². The number of ether oxygens (including phenoxy) is 2. The highest BCUT2D eigenvalue weighted by Gasteiger charge is 2.31. The first kappa shape index (κ1) is 18.8. The van der Waals surface area contributed by atoms with Crippen LogP contribution >= 0.6 is 0 Å². The van der Waals surface area contributed by atoms with Crippen LogP contribution in [0.4, 0.5) is 4.79 Å². The monoisotopic (exact) mass is 372 g/mol. The summed E-state index contributed by atoms with van der Waals surface area (Å²) in [5.74, 6) is 0.270. The van der Waals surface area contributed by atoms with Crippen molar-refractivity contribution in [3.05, 3.63) is 41.2 Å². The molecule has 0 unspecified atom stereocenters. The maximum atomic E-state index is 12.4. The second kappa shape index (κ2) is 8.11. The fraction of sp³-hybridized carbons (Fsp3) is 0.421. The van der Waals surface area contributed by atoms with Crippen molar-refractivity contribution in [1.82, 2.24) is 20.0 Å². The number of hydrogen-bond acceptors (Lipinski definition) is 5. The van der Waals surface area contributed by atoms with Gasteiger partial charge < -0.3 is 19.7 Å². The molecule has 3 rings (SSSR count). The molecule has 2 aromatic rings. The van der Waals surface area contributed by atoms with E-state index in [1.54, 1.807) is 23.6 Å². The number of nitrogens with zero attached hydrogens (tertiary/aromatic N) is 3. The third-order valence-corrected chi connectivity index (χ3v) is 4.46. The standard InChI is InChI=1S/C19H24N4O4/c1-4-20-19(25)22-11-10-16-15(12-22)17(18(24)27-5-2)21-23(16)13-6-8-14(26-3)9-7-13/h6-9H,4-5,10-12H2,1-3H3,(H,20,25). The summed E-state index contributed by atoms with van der Waals surface area (Å²) >= 11 is 0. The van der Waals surface area contributed by atoms with Gasteiger partial charge in [-0.3, -0.25) is 0 Å². The van der Waals surface area contributed by atoms with Gasteiger partial charge in [-0.2, -0.15) is 5.10 Å². The van der Waals surface area contributed by atoms with Crippen molar-refractivity contribution in [3.8, 4) is 11.4 Å². The molecule has 0 aliphatic carbocycles. The van der Waals surface area contributed by atoms with Crippen LogP contribution in [0.1, 0.15) is 35.6 Å². The van der Waals surface area contributed by atoms with Crippen molar-refractivity contribution in [2.24, 2.45) is 0 Å². The zero-order valence-electron chi connectivity index (χ0n) is 15.8. The number of aromatic nitrogens is 2. The van der Waals surface area contributed by atoms with E-state index in [1.165, 1.54) is 0 Å². The van der Waals surface area contributed by atoms with E-state index < -0.39 is 5.97 Å². The minimum Gasteiger partial charge on any atom is -0.497 e. The largest absolute Gasteiger partial charge is 0.497 e. The predicted molar refractivity (Wildman–Crippen MR) is 99.3 cm³/mol. The van der Waals surface area contributed by atoms with E-state index in [4.69, 9.17) is 9.47 Å². The number of methoxy groups -OCH3 is 1. The van der Waals surface area contributed by atoms with Crippen LogP contribution in [0.5, 0.6) is 5.75 Å². The quantitative estimate of drug-likeness (QED) is 0.813. The number of fused-ring (bicyclic) bond motifs is 1. The maximum absolute atomic E-state index is 12.4. The molecule has 1 aliphatic heterocycles. The lowest BCUT2D eigenvalue weighted by atomic mass is 10.1. The van der Waals surface area contributed by atoms with Gasteiger partial charge in [-0.25, -0.2) is 14.3 Å². The van der Waals surface area contributed by atoms with E-state index in [0.717, 1.165) is 22.7 Å². The lowest BCUT2D eigenvalue weighted by molar-refractivity contribution is 0.0516. The first-order valence-corrected chi connectivity index (χ1v) is 9.04. The second-order valence-electron chi connectivity index (χ2n) is 6.11. The Kier molecular flexibility index (Phi) is 5.63. The number of esters is 1. The summed E-state index contributed by atoms with van der Waals surface area (Å²) < 4.78 is 12.1. The van der Waals surface area contributed by atoms with Crippen molar-refractivity contribution in [2.75, 3.05) is 26.8 Å². The molecule has 2 amide bonds. The molecular weight excluding hydrogens is 348 g/mol. The molecule has 0 fully saturated rings. The first-order chi connectivity index (χ1) is 13.1. The van der Waals surface area contributed by atoms with Gasteiger partial charge in [0, 0.05) is 25.1 Å². The molecule has 8 nitrogen and oxygen atoms in total. The van der Waals surface area contributed by atoms with E-state index in [2.05, 4.69) is 10.4 Å². The van der Waals surface area contributed by atoms with Gasteiger partial charge in [-0.1, -0.05) is 0 Å². The second-order valence-corrected chi connectivity index (χ2v) is 6.11. The molecule has 27 heavy (non-hydrogen) atoms. The van der Waals surface area contributed by atoms with Crippen molar-refractivity contribution in [3.63, 3.8) is 0 Å². The van der Waals surface area contributed by atoms with Gasteiger partial charge in [-0.05, 0) is 38.1 Å². The van der Waals surface area contributed by atoms with Crippen molar-refractivity contribution in [2.45, 2.75) is 26.8 Å². The van der Waals surface area contributed by atoms with Crippen LogP contribution in [0.2, 0.25) is 0 Å². The predicted octanol–water partition coefficient (Wildman–Crippen LogP) is 2.15. The van der Waals surface area contributed by atoms with Crippen molar-refractivity contribution in [1.29, 1.82) is 0 Å². The molecule has 144 valence electrons. The summed E-state index contributed by atoms with van der Waals surface area (Å²) in [6, 6.07) is 7.32. The van der Waals surface area contributed by atoms with Gasteiger partial charge in [0.25, 0.3) is 0 Å². The Balaban J connectivity index is 2.00. The fourth-order valence-corrected chi connectivity index (χ4v) is 3.16. The molecule has 0 bridgehead atoms. The van der Waals surface area contributed by atoms with E-state index in [1.807, 2.05) is 31.2 Å². The van der Waals surface area contributed by atoms with Gasteiger partial charge in [0.05, 0.1) is 31.6 Å². The lowest BCUT2D eigenvalue weighted by Gasteiger charge is -2.27. The number of amides is 2. The summed E-state index contributed by atoms with van der Waals surface area (Å²) in [7, 11) is 1.61. The highest BCUT2D eigenvalue weighted by atomic mass is 16.5. The molecule has 0 radical (unpaired) electrons. The van der Waals surface area contributed by atoms with Crippen molar-refractivity contribution >= 4 is 12.0 Å². The topological polar surface area (TPSA) is 85.7 Å². The number of urea groups is 1. The number of benzene rings is 1. The summed E-state index contributed by atoms with van der Waals surface area (Å²) in [6.07, 6.45) is 0.602. The number of nitrogens with one attached hydrogen (secondary N) is 1. The highest BCUT2D eigenvalue weighted by Crippen LogP contribution is 2.27. The smallest absolute Gasteiger partial charge is 0.359 e. The summed E-state index contributed by atoms with van der Waals surface area (Å²) in [5.41, 5.74) is 2.75. The van der Waals surface area contributed by atoms with E-state index in [-0.39, 0.29) is 18.3 Å². The minimum absolute atomic E-state index is 0.143. The Labute approximate surface area is 158 Å². The maximum Gasteiger partial charge on any atom is 0.359 e. The molecule has 1 aromatic carbocycles. The van der Waals surface area contributed by atoms with Gasteiger partial charge in [0.15, 0.2) is 5.69 Å². The minimum atomic E-state index is -0.473. The Morgan fingerprint density at radius 1 is 1.22 bits per heavy atom. The van der Waals surface area contributed by atoms with Crippen LogP contribution in [0, 0.1) is 0 Å². The van der Waals surface area contributed by atoms with Gasteiger partial charge in [-0.15, -0.1) is 0 Å². The number of carbonyl (C=O) groups excluding carboxylic acids is 2. The zero-order valence-corrected chi connectivity index (χ0v) is 15.8. The van der Waals surface area contributed by atoms with E-state index >= 15 is 0 Å². The highest BCUT2D eigenvalue weighted by molar-refractivity contribution is 5.89. The molecule has 0 saturated carbocycles. The van der Waals surface area contributed by atoms with Crippen molar-refractivity contribution < 1.29 is 19.1 Å². The Hall–Kier alpha value is -3.03. The van der Waals surface area contributed by atoms with Crippen LogP contribution in [0.25, 0.3) is 5.69 Å². The lowest BCUT2D eigenvalue weighted by Crippen LogP contribution is -2.43. The Morgan fingerprint density at radius 2 is 1.96 bits per heavy atom. The molecule has 0 saturated heterocycles. The zero-order chi connectivity index (χ0) is 19.4. The van der Waals surface area contributed by atoms with Gasteiger partial charge >= 0.3 is 12.0 Å². The third-order valence-electron chi connectivity index (χ3n) is 4.46. The molecule has 1 aromatic heterocycles. The molecule has 1 N–H and O–H groups in total. The normalized spacial score (nSPS) is 13.1. The molecule has 0 atom stereocenters. The fourth-order valence-electron chi connectivity index (χ4n) is 3.16. The summed E-state index contributed by atoms with van der Waals surface area (Å²) in [6.45, 7) is 5.33. The molecular formula is C19H24N4O4.